The highest BCUT2D eigenvalue weighted by Crippen LogP contribution is 2.38. The van der Waals surface area contributed by atoms with Gasteiger partial charge in [-0.15, -0.1) is 0 Å². The van der Waals surface area contributed by atoms with E-state index in [0.717, 1.165) is 10.5 Å². The summed E-state index contributed by atoms with van der Waals surface area (Å²) in [6.45, 7) is 1.06. The number of hydrogen-bond acceptors (Lipinski definition) is 12. The zero-order valence-electron chi connectivity index (χ0n) is 38.5. The Balaban J connectivity index is 0.969. The van der Waals surface area contributed by atoms with Crippen LogP contribution in [-0.4, -0.2) is 105 Å². The Labute approximate surface area is 403 Å². The van der Waals surface area contributed by atoms with Crippen molar-refractivity contribution in [1.82, 2.24) is 35.9 Å². The number of carbonyl (C=O) groups is 6. The first-order chi connectivity index (χ1) is 33.7. The molecule has 4 aromatic carbocycles. The first kappa shape index (κ1) is 50.4. The van der Waals surface area contributed by atoms with Gasteiger partial charge in [-0.3, -0.25) is 24.0 Å². The SMILES string of the molecule is CCNC(=O)C(CCCCCNC(=O)OCc1ccccc1)NC(=O)CC1C(NC(=O)COc2ccc3c(c2)S(=O)(=O)NCc2c-3[nH]c3ccc(F)cc23)C(=O)N1CC(=O)OCc1ccc(OC)cc1. The molecule has 7 rings (SSSR count). The first-order valence-corrected chi connectivity index (χ1v) is 24.2. The van der Waals surface area contributed by atoms with Gasteiger partial charge in [0.25, 0.3) is 5.91 Å². The lowest BCUT2D eigenvalue weighted by Crippen LogP contribution is -2.72. The van der Waals surface area contributed by atoms with Gasteiger partial charge in [0.15, 0.2) is 6.61 Å². The fourth-order valence-corrected chi connectivity index (χ4v) is 9.36. The van der Waals surface area contributed by atoms with Gasteiger partial charge in [0.2, 0.25) is 27.7 Å². The second kappa shape index (κ2) is 23.2. The van der Waals surface area contributed by atoms with Crippen molar-refractivity contribution in [2.75, 3.05) is 33.4 Å². The quantitative estimate of drug-likeness (QED) is 0.0326. The topological polar surface area (TPSA) is 253 Å². The number of halogens is 1. The number of alkyl carbamates (subject to hydrolysis) is 1. The fourth-order valence-electron chi connectivity index (χ4n) is 8.14. The number of unbranched alkanes of at least 4 members (excludes halogenated alkanes) is 2. The van der Waals surface area contributed by atoms with E-state index in [2.05, 4.69) is 31.0 Å². The minimum atomic E-state index is -4.09. The van der Waals surface area contributed by atoms with Crippen molar-refractivity contribution in [1.29, 1.82) is 0 Å². The predicted molar refractivity (Wildman–Crippen MR) is 252 cm³/mol. The molecular weight excluding hydrogens is 930 g/mol. The number of rotatable bonds is 22. The van der Waals surface area contributed by atoms with E-state index in [0.29, 0.717) is 71.4 Å². The Bertz CT molecular complexity index is 2830. The summed E-state index contributed by atoms with van der Waals surface area (Å²) < 4.78 is 64.9. The van der Waals surface area contributed by atoms with Gasteiger partial charge in [0.05, 0.1) is 23.7 Å². The number of nitrogens with zero attached hydrogens (tertiary/aromatic N) is 1. The number of sulfonamides is 1. The van der Waals surface area contributed by atoms with E-state index in [-0.39, 0.29) is 36.8 Å². The molecule has 2 aliphatic rings. The van der Waals surface area contributed by atoms with E-state index in [1.807, 2.05) is 30.3 Å². The molecule has 1 fully saturated rings. The number of likely N-dealkylation sites (N-methyl/N-ethyl adjacent to an activating group) is 1. The van der Waals surface area contributed by atoms with Crippen LogP contribution in [0.1, 0.15) is 55.7 Å². The minimum Gasteiger partial charge on any atom is -0.497 e. The number of likely N-dealkylation sites (tertiary alicyclic amines) is 1. The lowest BCUT2D eigenvalue weighted by atomic mass is 9.91. The average molecular weight is 984 g/mol. The summed E-state index contributed by atoms with van der Waals surface area (Å²) in [5.41, 5.74) is 3.45. The Morgan fingerprint density at radius 1 is 0.857 bits per heavy atom. The highest BCUT2D eigenvalue weighted by molar-refractivity contribution is 7.89. The summed E-state index contributed by atoms with van der Waals surface area (Å²) in [6.07, 6.45) is 0.976. The van der Waals surface area contributed by atoms with Gasteiger partial charge >= 0.3 is 12.1 Å². The maximum Gasteiger partial charge on any atom is 0.407 e. The number of methoxy groups -OCH3 is 1. The second-order valence-electron chi connectivity index (χ2n) is 16.6. The van der Waals surface area contributed by atoms with E-state index in [9.17, 15) is 41.6 Å². The summed E-state index contributed by atoms with van der Waals surface area (Å²) in [6, 6.07) is 21.2. The highest BCUT2D eigenvalue weighted by atomic mass is 32.2. The Kier molecular flexibility index (Phi) is 16.7. The lowest BCUT2D eigenvalue weighted by molar-refractivity contribution is -0.164. The smallest absolute Gasteiger partial charge is 0.407 e. The van der Waals surface area contributed by atoms with Gasteiger partial charge in [-0.25, -0.2) is 22.3 Å². The molecule has 0 bridgehead atoms. The van der Waals surface area contributed by atoms with Gasteiger partial charge in [0.1, 0.15) is 49.2 Å². The Hall–Kier alpha value is -7.52. The molecule has 3 atom stereocenters. The average Bonchev–Trinajstić information content (AvgIpc) is 3.67. The zero-order valence-corrected chi connectivity index (χ0v) is 39.3. The first-order valence-electron chi connectivity index (χ1n) is 22.7. The van der Waals surface area contributed by atoms with Crippen molar-refractivity contribution in [3.8, 4) is 22.8 Å². The molecule has 70 heavy (non-hydrogen) atoms. The van der Waals surface area contributed by atoms with E-state index in [1.165, 1.54) is 37.4 Å². The number of H-pyrrole nitrogens is 1. The van der Waals surface area contributed by atoms with Gasteiger partial charge in [-0.2, -0.15) is 0 Å². The zero-order chi connectivity index (χ0) is 49.8. The van der Waals surface area contributed by atoms with Crippen molar-refractivity contribution in [2.24, 2.45) is 0 Å². The summed E-state index contributed by atoms with van der Waals surface area (Å²) in [7, 11) is -2.57. The summed E-state index contributed by atoms with van der Waals surface area (Å²) in [5.74, 6) is -3.17. The van der Waals surface area contributed by atoms with E-state index >= 15 is 0 Å². The van der Waals surface area contributed by atoms with E-state index < -0.39 is 89.2 Å². The standard InChI is InChI=1S/C49H54FN7O12S/c1-3-51-47(61)39(12-8-5-9-21-52-49(63)69-28-30-10-6-4-7-11-30)54-42(58)24-40-46(48(62)57(40)26-44(60)68-27-31-13-16-33(66-2)17-14-31)56-43(59)29-67-34-18-19-35-41(23-34)70(64,65)53-25-37-36-22-32(50)15-20-38(36)55-45(35)37/h4,6-7,10-11,13-20,22-23,39-40,46,53,55H,3,5,8-9,12,21,24-29H2,1-2H3,(H,51,61)(H,52,63)(H,54,58)(H,56,59). The van der Waals surface area contributed by atoms with Crippen LogP contribution in [0.25, 0.3) is 22.2 Å². The third-order valence-corrected chi connectivity index (χ3v) is 13.2. The number of amides is 5. The molecule has 5 aromatic rings. The third kappa shape index (κ3) is 12.8. The molecular formula is C49H54FN7O12S. The van der Waals surface area contributed by atoms with Crippen molar-refractivity contribution in [3.63, 3.8) is 0 Å². The van der Waals surface area contributed by atoms with Gasteiger partial charge in [-0.1, -0.05) is 55.3 Å². The molecule has 3 heterocycles. The molecule has 21 heteroatoms. The monoisotopic (exact) mass is 983 g/mol. The number of nitrogens with one attached hydrogen (secondary N) is 6. The summed E-state index contributed by atoms with van der Waals surface area (Å²) >= 11 is 0. The van der Waals surface area contributed by atoms with Crippen LogP contribution in [0.5, 0.6) is 11.5 Å². The molecule has 0 saturated carbocycles. The van der Waals surface area contributed by atoms with Crippen LogP contribution in [0.4, 0.5) is 9.18 Å². The maximum atomic E-state index is 14.1. The van der Waals surface area contributed by atoms with Crippen LogP contribution in [0.3, 0.4) is 0 Å². The van der Waals surface area contributed by atoms with Crippen molar-refractivity contribution >= 4 is 56.6 Å². The number of ether oxygens (including phenoxy) is 4. The number of aromatic amines is 1. The molecule has 2 aliphatic heterocycles. The normalized spacial score (nSPS) is 16.0. The molecule has 5 amide bonds. The van der Waals surface area contributed by atoms with Crippen LogP contribution in [0.15, 0.2) is 95.9 Å². The largest absolute Gasteiger partial charge is 0.497 e. The lowest BCUT2D eigenvalue weighted by Gasteiger charge is -2.46. The van der Waals surface area contributed by atoms with Gasteiger partial charge in [-0.05, 0) is 73.4 Å². The van der Waals surface area contributed by atoms with Crippen LogP contribution >= 0.6 is 0 Å². The van der Waals surface area contributed by atoms with Crippen molar-refractivity contribution < 1.29 is 60.5 Å². The van der Waals surface area contributed by atoms with Gasteiger partial charge < -0.3 is 50.1 Å². The van der Waals surface area contributed by atoms with Crippen molar-refractivity contribution in [2.45, 2.75) is 81.8 Å². The number of carbonyl (C=O) groups excluding carboxylic acids is 6. The molecule has 0 spiro atoms. The number of aromatic nitrogens is 1. The number of hydrogen-bond donors (Lipinski definition) is 6. The fraction of sp³-hybridized carbons (Fsp3) is 0.347. The van der Waals surface area contributed by atoms with Crippen LogP contribution in [0, 0.1) is 5.82 Å². The maximum absolute atomic E-state index is 14.1. The molecule has 3 unspecified atom stereocenters. The minimum absolute atomic E-state index is 0.0102. The molecule has 0 radical (unpaired) electrons. The number of benzene rings is 4. The molecule has 19 nitrogen and oxygen atoms in total. The van der Waals surface area contributed by atoms with Gasteiger partial charge in [0, 0.05) is 54.2 Å². The number of β-lactam (4-membered cyclic amide) rings is 1. The third-order valence-electron chi connectivity index (χ3n) is 11.7. The Morgan fingerprint density at radius 2 is 1.60 bits per heavy atom. The summed E-state index contributed by atoms with van der Waals surface area (Å²) in [4.78, 5) is 83.1. The molecule has 370 valence electrons. The van der Waals surface area contributed by atoms with Crippen molar-refractivity contribution in [3.05, 3.63) is 114 Å². The summed E-state index contributed by atoms with van der Waals surface area (Å²) in [5, 5.41) is 11.3. The molecule has 6 N–H and O–H groups in total. The molecule has 1 saturated heterocycles. The number of esters is 1. The Morgan fingerprint density at radius 3 is 2.36 bits per heavy atom. The van der Waals surface area contributed by atoms with E-state index in [4.69, 9.17) is 18.9 Å². The number of fused-ring (bicyclic) bond motifs is 5. The van der Waals surface area contributed by atoms with Crippen LogP contribution in [0.2, 0.25) is 0 Å². The molecule has 1 aromatic heterocycles. The van der Waals surface area contributed by atoms with Crippen LogP contribution in [-0.2, 0) is 63.2 Å². The highest BCUT2D eigenvalue weighted by Gasteiger charge is 2.50. The second-order valence-corrected chi connectivity index (χ2v) is 18.3. The van der Waals surface area contributed by atoms with Crippen LogP contribution < -0.4 is 35.5 Å². The molecule has 0 aliphatic carbocycles. The van der Waals surface area contributed by atoms with E-state index in [1.54, 1.807) is 37.3 Å². The predicted octanol–water partition coefficient (Wildman–Crippen LogP) is 4.09.